The highest BCUT2D eigenvalue weighted by Crippen LogP contribution is 2.17. The van der Waals surface area contributed by atoms with Crippen LogP contribution in [0.4, 0.5) is 4.79 Å². The molecule has 1 N–H and O–H groups in total. The predicted octanol–water partition coefficient (Wildman–Crippen LogP) is 1.95. The molecule has 1 heterocycles. The summed E-state index contributed by atoms with van der Waals surface area (Å²) in [7, 11) is -3.49. The van der Waals surface area contributed by atoms with Crippen molar-refractivity contribution >= 4 is 16.1 Å². The van der Waals surface area contributed by atoms with Crippen LogP contribution in [0.3, 0.4) is 0 Å². The van der Waals surface area contributed by atoms with Crippen LogP contribution in [0.2, 0.25) is 0 Å². The third-order valence-electron chi connectivity index (χ3n) is 4.44. The van der Waals surface area contributed by atoms with Crippen LogP contribution in [0.25, 0.3) is 0 Å². The molecule has 2 amide bonds. The van der Waals surface area contributed by atoms with Crippen molar-refractivity contribution in [2.75, 3.05) is 32.7 Å². The average molecular weight is 373 g/mol. The van der Waals surface area contributed by atoms with Gasteiger partial charge < -0.3 is 10.2 Å². The number of carbonyl (C=O) groups is 1. The molecule has 0 aliphatic carbocycles. The fraction of sp³-hybridized carbons (Fsp3) is 0.316. The number of carbonyl (C=O) groups excluding carboxylic acids is 1. The first kappa shape index (κ1) is 18.4. The van der Waals surface area contributed by atoms with Crippen LogP contribution in [-0.2, 0) is 16.4 Å². The second kappa shape index (κ2) is 8.33. The van der Waals surface area contributed by atoms with Gasteiger partial charge in [-0.2, -0.15) is 4.31 Å². The quantitative estimate of drug-likeness (QED) is 0.871. The largest absolute Gasteiger partial charge is 0.338 e. The molecule has 0 aromatic heterocycles. The van der Waals surface area contributed by atoms with Crippen LogP contribution in [-0.4, -0.2) is 56.4 Å². The summed E-state index contributed by atoms with van der Waals surface area (Å²) in [6.07, 6.45) is 0.773. The Hall–Kier alpha value is -2.38. The number of rotatable bonds is 5. The molecule has 0 atom stereocenters. The molecule has 7 heteroatoms. The van der Waals surface area contributed by atoms with Gasteiger partial charge in [0.1, 0.15) is 0 Å². The standard InChI is InChI=1S/C19H23N3O3S/c23-19(20-12-11-17-7-3-1-4-8-17)21-13-15-22(16-14-21)26(24,25)18-9-5-2-6-10-18/h1-10H,11-16H2,(H,20,23). The lowest BCUT2D eigenvalue weighted by Gasteiger charge is -2.34. The van der Waals surface area contributed by atoms with Crippen molar-refractivity contribution in [1.29, 1.82) is 0 Å². The van der Waals surface area contributed by atoms with Crippen LogP contribution in [0.5, 0.6) is 0 Å². The Kier molecular flexibility index (Phi) is 5.90. The van der Waals surface area contributed by atoms with Crippen molar-refractivity contribution in [2.45, 2.75) is 11.3 Å². The molecule has 0 spiro atoms. The van der Waals surface area contributed by atoms with E-state index in [-0.39, 0.29) is 6.03 Å². The van der Waals surface area contributed by atoms with Crippen LogP contribution in [0, 0.1) is 0 Å². The number of nitrogens with one attached hydrogen (secondary N) is 1. The predicted molar refractivity (Wildman–Crippen MR) is 100 cm³/mol. The number of hydrogen-bond donors (Lipinski definition) is 1. The van der Waals surface area contributed by atoms with E-state index in [0.29, 0.717) is 37.6 Å². The molecule has 6 nitrogen and oxygen atoms in total. The molecule has 26 heavy (non-hydrogen) atoms. The molecule has 1 fully saturated rings. The Balaban J connectivity index is 1.48. The maximum absolute atomic E-state index is 12.6. The number of nitrogens with zero attached hydrogens (tertiary/aromatic N) is 2. The number of urea groups is 1. The first-order chi connectivity index (χ1) is 12.6. The summed E-state index contributed by atoms with van der Waals surface area (Å²) in [6.45, 7) is 1.96. The van der Waals surface area contributed by atoms with Gasteiger partial charge in [-0.25, -0.2) is 13.2 Å². The van der Waals surface area contributed by atoms with E-state index in [1.54, 1.807) is 35.2 Å². The molecule has 138 valence electrons. The van der Waals surface area contributed by atoms with E-state index in [2.05, 4.69) is 5.32 Å². The van der Waals surface area contributed by atoms with Crippen molar-refractivity contribution in [3.05, 3.63) is 66.2 Å². The Morgan fingerprint density at radius 1 is 0.885 bits per heavy atom. The summed E-state index contributed by atoms with van der Waals surface area (Å²) in [5.41, 5.74) is 1.17. The van der Waals surface area contributed by atoms with Crippen LogP contribution >= 0.6 is 0 Å². The zero-order valence-corrected chi connectivity index (χ0v) is 15.4. The fourth-order valence-corrected chi connectivity index (χ4v) is 4.39. The number of piperazine rings is 1. The fourth-order valence-electron chi connectivity index (χ4n) is 2.94. The number of sulfonamides is 1. The molecule has 0 bridgehead atoms. The van der Waals surface area contributed by atoms with Gasteiger partial charge in [-0.15, -0.1) is 0 Å². The molecule has 0 saturated carbocycles. The minimum atomic E-state index is -3.49. The Labute approximate surface area is 154 Å². The molecule has 1 saturated heterocycles. The zero-order chi connectivity index (χ0) is 18.4. The maximum Gasteiger partial charge on any atom is 0.317 e. The first-order valence-electron chi connectivity index (χ1n) is 8.69. The van der Waals surface area contributed by atoms with Gasteiger partial charge >= 0.3 is 6.03 Å². The second-order valence-electron chi connectivity index (χ2n) is 6.17. The summed E-state index contributed by atoms with van der Waals surface area (Å²) in [5, 5.41) is 2.91. The number of amides is 2. The van der Waals surface area contributed by atoms with Crippen LogP contribution in [0.1, 0.15) is 5.56 Å². The Bertz CT molecular complexity index is 818. The third kappa shape index (κ3) is 4.42. The molecular weight excluding hydrogens is 350 g/mol. The average Bonchev–Trinajstić information content (AvgIpc) is 2.69. The Morgan fingerprint density at radius 3 is 2.08 bits per heavy atom. The van der Waals surface area contributed by atoms with Crippen molar-refractivity contribution in [3.63, 3.8) is 0 Å². The van der Waals surface area contributed by atoms with Gasteiger partial charge in [0.25, 0.3) is 0 Å². The summed E-state index contributed by atoms with van der Waals surface area (Å²) in [4.78, 5) is 14.2. The zero-order valence-electron chi connectivity index (χ0n) is 14.5. The van der Waals surface area contributed by atoms with Crippen molar-refractivity contribution < 1.29 is 13.2 Å². The lowest BCUT2D eigenvalue weighted by atomic mass is 10.1. The minimum Gasteiger partial charge on any atom is -0.338 e. The van der Waals surface area contributed by atoms with Gasteiger partial charge in [-0.05, 0) is 24.1 Å². The summed E-state index contributed by atoms with van der Waals surface area (Å²) >= 11 is 0. The molecule has 0 radical (unpaired) electrons. The van der Waals surface area contributed by atoms with E-state index < -0.39 is 10.0 Å². The van der Waals surface area contributed by atoms with Gasteiger partial charge in [-0.1, -0.05) is 48.5 Å². The summed E-state index contributed by atoms with van der Waals surface area (Å²) in [5.74, 6) is 0. The number of benzene rings is 2. The highest BCUT2D eigenvalue weighted by molar-refractivity contribution is 7.89. The van der Waals surface area contributed by atoms with Crippen molar-refractivity contribution in [1.82, 2.24) is 14.5 Å². The third-order valence-corrected chi connectivity index (χ3v) is 6.35. The monoisotopic (exact) mass is 373 g/mol. The van der Waals surface area contributed by atoms with E-state index >= 15 is 0 Å². The second-order valence-corrected chi connectivity index (χ2v) is 8.11. The lowest BCUT2D eigenvalue weighted by Crippen LogP contribution is -2.53. The minimum absolute atomic E-state index is 0.141. The highest BCUT2D eigenvalue weighted by atomic mass is 32.2. The molecule has 2 aromatic carbocycles. The molecule has 1 aliphatic heterocycles. The molecule has 1 aliphatic rings. The summed E-state index contributed by atoms with van der Waals surface area (Å²) in [6, 6.07) is 18.2. The van der Waals surface area contributed by atoms with Gasteiger partial charge in [0.05, 0.1) is 4.90 Å². The first-order valence-corrected chi connectivity index (χ1v) is 10.1. The van der Waals surface area contributed by atoms with E-state index in [0.717, 1.165) is 6.42 Å². The van der Waals surface area contributed by atoms with Gasteiger partial charge in [0.2, 0.25) is 10.0 Å². The van der Waals surface area contributed by atoms with E-state index in [1.165, 1.54) is 9.87 Å². The highest BCUT2D eigenvalue weighted by Gasteiger charge is 2.29. The van der Waals surface area contributed by atoms with Crippen molar-refractivity contribution in [3.8, 4) is 0 Å². The Morgan fingerprint density at radius 2 is 1.46 bits per heavy atom. The molecule has 0 unspecified atom stereocenters. The van der Waals surface area contributed by atoms with E-state index in [4.69, 9.17) is 0 Å². The lowest BCUT2D eigenvalue weighted by molar-refractivity contribution is 0.172. The SMILES string of the molecule is O=C(NCCc1ccccc1)N1CCN(S(=O)(=O)c2ccccc2)CC1. The maximum atomic E-state index is 12.6. The number of hydrogen-bond acceptors (Lipinski definition) is 3. The summed E-state index contributed by atoms with van der Waals surface area (Å²) < 4.78 is 26.6. The van der Waals surface area contributed by atoms with Crippen LogP contribution < -0.4 is 5.32 Å². The topological polar surface area (TPSA) is 69.7 Å². The smallest absolute Gasteiger partial charge is 0.317 e. The van der Waals surface area contributed by atoms with E-state index in [1.807, 2.05) is 30.3 Å². The van der Waals surface area contributed by atoms with E-state index in [9.17, 15) is 13.2 Å². The van der Waals surface area contributed by atoms with Gasteiger partial charge in [0, 0.05) is 32.7 Å². The van der Waals surface area contributed by atoms with Gasteiger partial charge in [0.15, 0.2) is 0 Å². The molecule has 2 aromatic rings. The van der Waals surface area contributed by atoms with Gasteiger partial charge in [-0.3, -0.25) is 0 Å². The van der Waals surface area contributed by atoms with Crippen molar-refractivity contribution in [2.24, 2.45) is 0 Å². The molecule has 3 rings (SSSR count). The normalized spacial score (nSPS) is 15.6. The van der Waals surface area contributed by atoms with Crippen LogP contribution in [0.15, 0.2) is 65.6 Å². The molecular formula is C19H23N3O3S.